The largest absolute Gasteiger partial charge is 0.451 e. The number of hydrogen-bond acceptors (Lipinski definition) is 5. The highest BCUT2D eigenvalue weighted by molar-refractivity contribution is 9.10. The minimum atomic E-state index is -1.05. The number of amides is 3. The number of hydrogen-bond donors (Lipinski definition) is 2. The van der Waals surface area contributed by atoms with E-state index in [0.29, 0.717) is 5.75 Å². The third-order valence-electron chi connectivity index (χ3n) is 3.10. The Bertz CT molecular complexity index is 592. The lowest BCUT2D eigenvalue weighted by atomic mass is 10.1. The number of benzene rings is 1. The second kappa shape index (κ2) is 9.68. The molecule has 6 nitrogen and oxygen atoms in total. The number of carbonyl (C=O) groups is 3. The van der Waals surface area contributed by atoms with Crippen LogP contribution in [-0.2, 0) is 20.1 Å². The summed E-state index contributed by atoms with van der Waals surface area (Å²) in [7, 11) is 0. The van der Waals surface area contributed by atoms with E-state index in [9.17, 15) is 14.4 Å². The number of urea groups is 1. The van der Waals surface area contributed by atoms with Gasteiger partial charge in [-0.25, -0.2) is 4.79 Å². The fourth-order valence-electron chi connectivity index (χ4n) is 1.78. The maximum atomic E-state index is 12.2. The average Bonchev–Trinajstić information content (AvgIpc) is 2.50. The Morgan fingerprint density at radius 3 is 2.29 bits per heavy atom. The Morgan fingerprint density at radius 1 is 1.21 bits per heavy atom. The van der Waals surface area contributed by atoms with Crippen LogP contribution < -0.4 is 11.1 Å². The van der Waals surface area contributed by atoms with Crippen molar-refractivity contribution in [1.29, 1.82) is 0 Å². The molecule has 0 spiro atoms. The molecule has 0 heterocycles. The number of halogens is 1. The number of imide groups is 1. The van der Waals surface area contributed by atoms with Crippen molar-refractivity contribution in [2.45, 2.75) is 37.9 Å². The fraction of sp³-hybridized carbons (Fsp3) is 0.438. The van der Waals surface area contributed by atoms with Crippen molar-refractivity contribution in [2.75, 3.05) is 0 Å². The summed E-state index contributed by atoms with van der Waals surface area (Å²) in [6.07, 6.45) is -1.05. The van der Waals surface area contributed by atoms with Crippen LogP contribution in [-0.4, -0.2) is 29.3 Å². The van der Waals surface area contributed by atoms with E-state index in [2.05, 4.69) is 15.9 Å². The molecule has 0 aromatic heterocycles. The van der Waals surface area contributed by atoms with Gasteiger partial charge in [-0.1, -0.05) is 41.9 Å². The van der Waals surface area contributed by atoms with E-state index in [-0.39, 0.29) is 5.92 Å². The van der Waals surface area contributed by atoms with Crippen LogP contribution in [0.2, 0.25) is 0 Å². The van der Waals surface area contributed by atoms with Gasteiger partial charge in [-0.2, -0.15) is 0 Å². The third kappa shape index (κ3) is 6.92. The summed E-state index contributed by atoms with van der Waals surface area (Å²) in [5.41, 5.74) is 6.00. The minimum absolute atomic E-state index is 0.281. The molecule has 0 saturated carbocycles. The predicted molar refractivity (Wildman–Crippen MR) is 97.3 cm³/mol. The number of primary amides is 1. The lowest BCUT2D eigenvalue weighted by Gasteiger charge is -2.21. The normalized spacial score (nSPS) is 13.2. The van der Waals surface area contributed by atoms with Crippen molar-refractivity contribution in [2.24, 2.45) is 11.7 Å². The van der Waals surface area contributed by atoms with Crippen LogP contribution in [0.4, 0.5) is 4.79 Å². The first-order valence-corrected chi connectivity index (χ1v) is 9.21. The molecule has 0 bridgehead atoms. The van der Waals surface area contributed by atoms with Crippen LogP contribution in [0.25, 0.3) is 0 Å². The Morgan fingerprint density at radius 2 is 1.79 bits per heavy atom. The zero-order valence-electron chi connectivity index (χ0n) is 13.7. The van der Waals surface area contributed by atoms with Crippen molar-refractivity contribution in [3.63, 3.8) is 0 Å². The van der Waals surface area contributed by atoms with Crippen LogP contribution in [0.3, 0.4) is 0 Å². The maximum Gasteiger partial charge on any atom is 0.319 e. The van der Waals surface area contributed by atoms with Crippen LogP contribution >= 0.6 is 27.7 Å². The van der Waals surface area contributed by atoms with Crippen LogP contribution in [0.1, 0.15) is 26.3 Å². The molecule has 24 heavy (non-hydrogen) atoms. The molecule has 0 aliphatic carbocycles. The lowest BCUT2D eigenvalue weighted by molar-refractivity contribution is -0.157. The molecule has 0 saturated heterocycles. The maximum absolute atomic E-state index is 12.2. The van der Waals surface area contributed by atoms with E-state index in [1.807, 2.05) is 29.6 Å². The molecule has 2 atom stereocenters. The molecule has 0 fully saturated rings. The van der Waals surface area contributed by atoms with Gasteiger partial charge in [0.15, 0.2) is 6.10 Å². The summed E-state index contributed by atoms with van der Waals surface area (Å²) in [4.78, 5) is 34.8. The Hall–Kier alpha value is -1.54. The molecule has 3 amide bonds. The first-order valence-electron chi connectivity index (χ1n) is 7.37. The van der Waals surface area contributed by atoms with Crippen molar-refractivity contribution in [3.8, 4) is 0 Å². The van der Waals surface area contributed by atoms with Crippen molar-refractivity contribution < 1.29 is 19.1 Å². The molecule has 1 aromatic rings. The highest BCUT2D eigenvalue weighted by atomic mass is 79.9. The number of nitrogens with one attached hydrogen (secondary N) is 1. The predicted octanol–water partition coefficient (Wildman–Crippen LogP) is 2.83. The molecule has 1 aromatic carbocycles. The van der Waals surface area contributed by atoms with Crippen molar-refractivity contribution >= 4 is 45.6 Å². The third-order valence-corrected chi connectivity index (χ3v) is 4.82. The first kappa shape index (κ1) is 20.5. The summed E-state index contributed by atoms with van der Waals surface area (Å²) in [6.45, 7) is 5.16. The Balaban J connectivity index is 2.58. The van der Waals surface area contributed by atoms with E-state index in [1.54, 1.807) is 20.8 Å². The van der Waals surface area contributed by atoms with Gasteiger partial charge in [-0.05, 0) is 30.5 Å². The number of rotatable bonds is 7. The van der Waals surface area contributed by atoms with Crippen molar-refractivity contribution in [1.82, 2.24) is 5.32 Å². The number of esters is 1. The summed E-state index contributed by atoms with van der Waals surface area (Å²) < 4.78 is 6.25. The molecule has 3 N–H and O–H groups in total. The van der Waals surface area contributed by atoms with Crippen LogP contribution in [0, 0.1) is 5.92 Å². The highest BCUT2D eigenvalue weighted by Gasteiger charge is 2.29. The fourth-order valence-corrected chi connectivity index (χ4v) is 2.87. The molecule has 0 unspecified atom stereocenters. The molecule has 0 aliphatic heterocycles. The number of carbonyl (C=O) groups excluding carboxylic acids is 3. The van der Waals surface area contributed by atoms with Gasteiger partial charge < -0.3 is 10.5 Å². The second-order valence-corrected chi connectivity index (χ2v) is 7.78. The summed E-state index contributed by atoms with van der Waals surface area (Å²) in [5, 5.41) is 1.50. The molecule has 1 rings (SSSR count). The summed E-state index contributed by atoms with van der Waals surface area (Å²) in [5.74, 6) is -0.855. The van der Waals surface area contributed by atoms with Gasteiger partial charge in [0.2, 0.25) is 0 Å². The standard InChI is InChI=1S/C16H21BrN2O4S/c1-9(2)13(14(20)19-16(18)22)23-15(21)10(3)24-8-11-4-6-12(17)7-5-11/h4-7,9-10,13H,8H2,1-3H3,(H3,18,19,20,22)/t10-,13+/m0/s1. The summed E-state index contributed by atoms with van der Waals surface area (Å²) in [6, 6.07) is 6.82. The van der Waals surface area contributed by atoms with Crippen LogP contribution in [0.15, 0.2) is 28.7 Å². The zero-order chi connectivity index (χ0) is 18.3. The first-order chi connectivity index (χ1) is 11.2. The topological polar surface area (TPSA) is 98.5 Å². The monoisotopic (exact) mass is 416 g/mol. The van der Waals surface area contributed by atoms with Gasteiger partial charge in [0.1, 0.15) is 0 Å². The molecule has 0 aliphatic rings. The average molecular weight is 417 g/mol. The van der Waals surface area contributed by atoms with Gasteiger partial charge in [0.05, 0.1) is 5.25 Å². The molecule has 0 radical (unpaired) electrons. The second-order valence-electron chi connectivity index (χ2n) is 5.53. The van der Waals surface area contributed by atoms with Crippen LogP contribution in [0.5, 0.6) is 0 Å². The van der Waals surface area contributed by atoms with E-state index >= 15 is 0 Å². The van der Waals surface area contributed by atoms with E-state index in [1.165, 1.54) is 11.8 Å². The molecule has 8 heteroatoms. The number of ether oxygens (including phenoxy) is 1. The SMILES string of the molecule is CC(C)[C@@H](OC(=O)[C@H](C)SCc1ccc(Br)cc1)C(=O)NC(N)=O. The molecular formula is C16H21BrN2O4S. The number of nitrogens with two attached hydrogens (primary N) is 1. The van der Waals surface area contributed by atoms with Gasteiger partial charge in [-0.3, -0.25) is 14.9 Å². The Kier molecular flexibility index (Phi) is 8.27. The molecular weight excluding hydrogens is 396 g/mol. The van der Waals surface area contributed by atoms with Gasteiger partial charge in [0, 0.05) is 10.2 Å². The minimum Gasteiger partial charge on any atom is -0.451 e. The summed E-state index contributed by atoms with van der Waals surface area (Å²) >= 11 is 4.78. The zero-order valence-corrected chi connectivity index (χ0v) is 16.1. The van der Waals surface area contributed by atoms with Gasteiger partial charge in [0.25, 0.3) is 5.91 Å². The smallest absolute Gasteiger partial charge is 0.319 e. The van der Waals surface area contributed by atoms with Crippen molar-refractivity contribution in [3.05, 3.63) is 34.3 Å². The van der Waals surface area contributed by atoms with E-state index < -0.39 is 29.3 Å². The number of thioether (sulfide) groups is 1. The van der Waals surface area contributed by atoms with Gasteiger partial charge >= 0.3 is 12.0 Å². The molecule has 132 valence electrons. The highest BCUT2D eigenvalue weighted by Crippen LogP contribution is 2.21. The van der Waals surface area contributed by atoms with Gasteiger partial charge in [-0.15, -0.1) is 11.8 Å². The lowest BCUT2D eigenvalue weighted by Crippen LogP contribution is -2.46. The van der Waals surface area contributed by atoms with E-state index in [4.69, 9.17) is 10.5 Å². The Labute approximate surface area is 154 Å². The quantitative estimate of drug-likeness (QED) is 0.665. The van der Waals surface area contributed by atoms with E-state index in [0.717, 1.165) is 10.0 Å².